The number of methoxy groups -OCH3 is 1. The Balaban J connectivity index is 1.56. The van der Waals surface area contributed by atoms with E-state index in [1.165, 1.54) is 0 Å². The van der Waals surface area contributed by atoms with Crippen molar-refractivity contribution in [2.45, 2.75) is 25.4 Å². The van der Waals surface area contributed by atoms with Crippen LogP contribution in [-0.2, 0) is 16.0 Å². The number of likely N-dealkylation sites (tertiary alicyclic amines) is 1. The Hall–Kier alpha value is -2.64. The summed E-state index contributed by atoms with van der Waals surface area (Å²) in [5.74, 6) is 1.43. The molecule has 2 heterocycles. The quantitative estimate of drug-likeness (QED) is 0.676. The maximum atomic E-state index is 12.4. The molecule has 1 saturated heterocycles. The largest absolute Gasteiger partial charge is 0.457 e. The lowest BCUT2D eigenvalue weighted by Gasteiger charge is -2.30. The second kappa shape index (κ2) is 9.52. The number of hydrogen-bond acceptors (Lipinski definition) is 7. The molecule has 0 unspecified atom stereocenters. The number of nitrogen functional groups attached to an aromatic ring is 1. The highest BCUT2D eigenvalue weighted by Gasteiger charge is 2.20. The van der Waals surface area contributed by atoms with Crippen molar-refractivity contribution in [2.75, 3.05) is 44.8 Å². The van der Waals surface area contributed by atoms with Crippen LogP contribution in [-0.4, -0.2) is 55.6 Å². The lowest BCUT2D eigenvalue weighted by molar-refractivity contribution is -0.120. The molecule has 3 N–H and O–H groups in total. The second-order valence-corrected chi connectivity index (χ2v) is 7.01. The number of nitrogens with zero attached hydrogens (tertiary/aromatic N) is 2. The van der Waals surface area contributed by atoms with Crippen molar-refractivity contribution in [1.29, 1.82) is 0 Å². The maximum Gasteiger partial charge on any atom is 0.152 e. The van der Waals surface area contributed by atoms with E-state index < -0.39 is 0 Å². The molecular formula is C21H28N4O3. The molecule has 28 heavy (non-hydrogen) atoms. The van der Waals surface area contributed by atoms with Gasteiger partial charge in [-0.05, 0) is 31.0 Å². The number of aromatic nitrogens is 1. The van der Waals surface area contributed by atoms with Gasteiger partial charge in [-0.15, -0.1) is 0 Å². The molecule has 2 aromatic rings. The number of Topliss-reactive ketones (excluding diaryl/α,β-unsaturated/α-hetero) is 1. The number of benzene rings is 1. The zero-order chi connectivity index (χ0) is 19.9. The van der Waals surface area contributed by atoms with E-state index >= 15 is 0 Å². The number of carbonyl (C=O) groups is 1. The fourth-order valence-corrected chi connectivity index (χ4v) is 3.39. The van der Waals surface area contributed by atoms with Gasteiger partial charge >= 0.3 is 0 Å². The van der Waals surface area contributed by atoms with Crippen molar-refractivity contribution in [2.24, 2.45) is 0 Å². The van der Waals surface area contributed by atoms with E-state index in [0.717, 1.165) is 31.6 Å². The van der Waals surface area contributed by atoms with E-state index in [0.29, 0.717) is 41.9 Å². The summed E-state index contributed by atoms with van der Waals surface area (Å²) in [6, 6.07) is 9.05. The van der Waals surface area contributed by atoms with E-state index in [-0.39, 0.29) is 5.78 Å². The molecule has 0 atom stereocenters. The van der Waals surface area contributed by atoms with Crippen LogP contribution in [0.2, 0.25) is 0 Å². The van der Waals surface area contributed by atoms with Crippen LogP contribution in [0.3, 0.4) is 0 Å². The van der Waals surface area contributed by atoms with Crippen LogP contribution in [0.1, 0.15) is 18.5 Å². The highest BCUT2D eigenvalue weighted by atomic mass is 16.5. The van der Waals surface area contributed by atoms with Gasteiger partial charge in [0.05, 0.1) is 36.1 Å². The van der Waals surface area contributed by atoms with Crippen LogP contribution < -0.4 is 15.8 Å². The number of pyridine rings is 1. The van der Waals surface area contributed by atoms with E-state index in [1.807, 2.05) is 19.2 Å². The van der Waals surface area contributed by atoms with Crippen molar-refractivity contribution in [1.82, 2.24) is 9.88 Å². The molecule has 0 saturated carbocycles. The number of ether oxygens (including phenoxy) is 2. The first-order chi connectivity index (χ1) is 13.6. The van der Waals surface area contributed by atoms with Crippen molar-refractivity contribution in [3.05, 3.63) is 42.2 Å². The summed E-state index contributed by atoms with van der Waals surface area (Å²) in [6.45, 7) is 2.24. The van der Waals surface area contributed by atoms with Crippen molar-refractivity contribution < 1.29 is 14.3 Å². The first-order valence-electron chi connectivity index (χ1n) is 9.54. The Morgan fingerprint density at radius 2 is 2.00 bits per heavy atom. The van der Waals surface area contributed by atoms with Gasteiger partial charge in [0.25, 0.3) is 0 Å². The van der Waals surface area contributed by atoms with Crippen LogP contribution in [0.15, 0.2) is 36.5 Å². The molecular weight excluding hydrogens is 356 g/mol. The molecule has 0 aliphatic carbocycles. The standard InChI is InChI=1S/C21H28N4O3/c1-23-21-4-3-18(13-20(21)22)28-19-5-8-24-15(12-19)11-16(26)14-25-9-6-17(27-2)7-10-25/h3-5,8,12-13,17,23H,6-7,9-11,14,22H2,1-2H3. The highest BCUT2D eigenvalue weighted by molar-refractivity contribution is 5.82. The number of hydrogen-bond donors (Lipinski definition) is 2. The van der Waals surface area contributed by atoms with Crippen LogP contribution in [0.25, 0.3) is 0 Å². The monoisotopic (exact) mass is 384 g/mol. The van der Waals surface area contributed by atoms with Gasteiger partial charge in [-0.25, -0.2) is 0 Å². The zero-order valence-electron chi connectivity index (χ0n) is 16.5. The predicted molar refractivity (Wildman–Crippen MR) is 110 cm³/mol. The molecule has 1 aliphatic rings. The molecule has 1 fully saturated rings. The molecule has 7 heteroatoms. The lowest BCUT2D eigenvalue weighted by atomic mass is 10.1. The predicted octanol–water partition coefficient (Wildman–Crippen LogP) is 2.72. The fraction of sp³-hybridized carbons (Fsp3) is 0.429. The first kappa shape index (κ1) is 20.1. The number of ketones is 1. The van der Waals surface area contributed by atoms with Gasteiger partial charge in [0, 0.05) is 45.6 Å². The maximum absolute atomic E-state index is 12.4. The van der Waals surface area contributed by atoms with E-state index in [1.54, 1.807) is 31.5 Å². The molecule has 0 spiro atoms. The minimum atomic E-state index is 0.156. The van der Waals surface area contributed by atoms with Gasteiger partial charge in [0.1, 0.15) is 11.5 Å². The Kier molecular flexibility index (Phi) is 6.84. The van der Waals surface area contributed by atoms with Crippen LogP contribution in [0, 0.1) is 0 Å². The minimum Gasteiger partial charge on any atom is -0.457 e. The Labute approximate surface area is 165 Å². The molecule has 0 radical (unpaired) electrons. The molecule has 150 valence electrons. The van der Waals surface area contributed by atoms with Crippen LogP contribution in [0.4, 0.5) is 11.4 Å². The number of nitrogens with two attached hydrogens (primary N) is 1. The summed E-state index contributed by atoms with van der Waals surface area (Å²) in [5, 5.41) is 3.02. The number of anilines is 2. The molecule has 3 rings (SSSR count). The van der Waals surface area contributed by atoms with Gasteiger partial charge in [-0.1, -0.05) is 0 Å². The van der Waals surface area contributed by atoms with Gasteiger partial charge in [-0.3, -0.25) is 14.7 Å². The number of piperidine rings is 1. The fourth-order valence-electron chi connectivity index (χ4n) is 3.39. The summed E-state index contributed by atoms with van der Waals surface area (Å²) < 4.78 is 11.2. The average Bonchev–Trinajstić information content (AvgIpc) is 2.69. The third kappa shape index (κ3) is 5.43. The summed E-state index contributed by atoms with van der Waals surface area (Å²) >= 11 is 0. The van der Waals surface area contributed by atoms with Crippen molar-refractivity contribution in [3.8, 4) is 11.5 Å². The molecule has 1 aromatic heterocycles. The number of carbonyl (C=O) groups excluding carboxylic acids is 1. The van der Waals surface area contributed by atoms with Crippen LogP contribution in [0.5, 0.6) is 11.5 Å². The lowest BCUT2D eigenvalue weighted by Crippen LogP contribution is -2.39. The normalized spacial score (nSPS) is 15.4. The topological polar surface area (TPSA) is 89.7 Å². The number of nitrogens with one attached hydrogen (secondary N) is 1. The average molecular weight is 384 g/mol. The minimum absolute atomic E-state index is 0.156. The molecule has 0 bridgehead atoms. The summed E-state index contributed by atoms with van der Waals surface area (Å²) in [7, 11) is 3.56. The van der Waals surface area contributed by atoms with Crippen molar-refractivity contribution in [3.63, 3.8) is 0 Å². The van der Waals surface area contributed by atoms with E-state index in [4.69, 9.17) is 15.2 Å². The van der Waals surface area contributed by atoms with Crippen molar-refractivity contribution >= 4 is 17.2 Å². The Bertz CT molecular complexity index is 804. The first-order valence-corrected chi connectivity index (χ1v) is 9.54. The van der Waals surface area contributed by atoms with E-state index in [9.17, 15) is 4.79 Å². The Morgan fingerprint density at radius 1 is 1.25 bits per heavy atom. The highest BCUT2D eigenvalue weighted by Crippen LogP contribution is 2.28. The van der Waals surface area contributed by atoms with Gasteiger partial charge in [0.2, 0.25) is 0 Å². The summed E-state index contributed by atoms with van der Waals surface area (Å²) in [4.78, 5) is 18.9. The van der Waals surface area contributed by atoms with Gasteiger partial charge < -0.3 is 20.5 Å². The second-order valence-electron chi connectivity index (χ2n) is 7.01. The molecule has 1 aliphatic heterocycles. The Morgan fingerprint density at radius 3 is 2.68 bits per heavy atom. The number of rotatable bonds is 8. The third-order valence-corrected chi connectivity index (χ3v) is 4.96. The smallest absolute Gasteiger partial charge is 0.152 e. The van der Waals surface area contributed by atoms with E-state index in [2.05, 4.69) is 15.2 Å². The van der Waals surface area contributed by atoms with Gasteiger partial charge in [-0.2, -0.15) is 0 Å². The van der Waals surface area contributed by atoms with Crippen LogP contribution >= 0.6 is 0 Å². The summed E-state index contributed by atoms with van der Waals surface area (Å²) in [5.41, 5.74) is 8.14. The SMILES string of the molecule is CNc1ccc(Oc2ccnc(CC(=O)CN3CCC(OC)CC3)c2)cc1N. The molecule has 7 nitrogen and oxygen atoms in total. The van der Waals surface area contributed by atoms with Gasteiger partial charge in [0.15, 0.2) is 5.78 Å². The third-order valence-electron chi connectivity index (χ3n) is 4.96. The molecule has 0 amide bonds. The zero-order valence-corrected chi connectivity index (χ0v) is 16.5. The molecule has 1 aromatic carbocycles. The summed E-state index contributed by atoms with van der Waals surface area (Å²) in [6.07, 6.45) is 4.22.